The molecule has 2 aromatic carbocycles. The van der Waals surface area contributed by atoms with Crippen LogP contribution in [0.2, 0.25) is 5.02 Å². The van der Waals surface area contributed by atoms with Crippen LogP contribution in [0.15, 0.2) is 52.7 Å². The molecule has 150 valence electrons. The Morgan fingerprint density at radius 1 is 1.14 bits per heavy atom. The van der Waals surface area contributed by atoms with E-state index in [2.05, 4.69) is 14.8 Å². The molecule has 0 fully saturated rings. The number of thiazole rings is 1. The summed E-state index contributed by atoms with van der Waals surface area (Å²) in [6, 6.07) is 12.8. The first-order valence-corrected chi connectivity index (χ1v) is 11.7. The number of nitrogens with zero attached hydrogens (tertiary/aromatic N) is 3. The third-order valence-corrected chi connectivity index (χ3v) is 7.28. The van der Waals surface area contributed by atoms with Crippen molar-refractivity contribution in [1.29, 1.82) is 0 Å². The van der Waals surface area contributed by atoms with E-state index in [1.807, 2.05) is 36.6 Å². The van der Waals surface area contributed by atoms with Crippen LogP contribution in [0.5, 0.6) is 0 Å². The SMILES string of the molecule is Cc1ccc(C)c(S(=O)(=O)NCCc2csc3nc(-c4ccc(Cl)cc4)nn23)c1. The fourth-order valence-corrected chi connectivity index (χ4v) is 5.35. The van der Waals surface area contributed by atoms with Crippen LogP contribution in [0.25, 0.3) is 16.3 Å². The number of sulfonamides is 1. The van der Waals surface area contributed by atoms with Gasteiger partial charge in [-0.3, -0.25) is 0 Å². The maximum Gasteiger partial charge on any atom is 0.240 e. The molecule has 6 nitrogen and oxygen atoms in total. The Hall–Kier alpha value is -2.26. The summed E-state index contributed by atoms with van der Waals surface area (Å²) in [7, 11) is -3.57. The van der Waals surface area contributed by atoms with Crippen molar-refractivity contribution >= 4 is 37.9 Å². The summed E-state index contributed by atoms with van der Waals surface area (Å²) in [5, 5.41) is 7.18. The van der Waals surface area contributed by atoms with Crippen LogP contribution >= 0.6 is 22.9 Å². The van der Waals surface area contributed by atoms with Crippen LogP contribution in [0.3, 0.4) is 0 Å². The van der Waals surface area contributed by atoms with E-state index in [1.165, 1.54) is 11.3 Å². The van der Waals surface area contributed by atoms with Crippen LogP contribution in [0, 0.1) is 13.8 Å². The Balaban J connectivity index is 1.50. The van der Waals surface area contributed by atoms with Gasteiger partial charge in [-0.15, -0.1) is 16.4 Å². The summed E-state index contributed by atoms with van der Waals surface area (Å²) < 4.78 is 29.8. The third-order valence-electron chi connectivity index (χ3n) is 4.56. The Morgan fingerprint density at radius 2 is 1.90 bits per heavy atom. The summed E-state index contributed by atoms with van der Waals surface area (Å²) in [4.78, 5) is 5.63. The Labute approximate surface area is 178 Å². The minimum atomic E-state index is -3.57. The van der Waals surface area contributed by atoms with Crippen molar-refractivity contribution in [3.05, 3.63) is 69.7 Å². The minimum Gasteiger partial charge on any atom is -0.211 e. The first kappa shape index (κ1) is 20.0. The van der Waals surface area contributed by atoms with E-state index < -0.39 is 10.0 Å². The zero-order valence-corrected chi connectivity index (χ0v) is 18.3. The Bertz CT molecular complexity index is 1280. The minimum absolute atomic E-state index is 0.275. The van der Waals surface area contributed by atoms with Crippen molar-refractivity contribution in [1.82, 2.24) is 19.3 Å². The lowest BCUT2D eigenvalue weighted by Gasteiger charge is -2.10. The van der Waals surface area contributed by atoms with Gasteiger partial charge in [-0.1, -0.05) is 23.7 Å². The Morgan fingerprint density at radius 3 is 2.66 bits per heavy atom. The van der Waals surface area contributed by atoms with Crippen LogP contribution in [0.4, 0.5) is 0 Å². The topological polar surface area (TPSA) is 76.4 Å². The highest BCUT2D eigenvalue weighted by atomic mass is 35.5. The molecule has 0 aliphatic carbocycles. The molecule has 29 heavy (non-hydrogen) atoms. The van der Waals surface area contributed by atoms with Gasteiger partial charge in [0.1, 0.15) is 0 Å². The number of aryl methyl sites for hydroxylation is 2. The standard InChI is InChI=1S/C20H19ClN4O2S2/c1-13-3-4-14(2)18(11-13)29(26,27)22-10-9-17-12-28-20-23-19(24-25(17)20)15-5-7-16(21)8-6-15/h3-8,11-12,22H,9-10H2,1-2H3. The Kier molecular flexibility index (Phi) is 5.44. The van der Waals surface area contributed by atoms with Gasteiger partial charge in [0.05, 0.1) is 10.6 Å². The molecule has 0 atom stereocenters. The lowest BCUT2D eigenvalue weighted by molar-refractivity contribution is 0.580. The highest BCUT2D eigenvalue weighted by Gasteiger charge is 2.17. The molecule has 0 saturated carbocycles. The fraction of sp³-hybridized carbons (Fsp3) is 0.200. The molecular formula is C20H19ClN4O2S2. The molecule has 1 N–H and O–H groups in total. The van der Waals surface area contributed by atoms with Gasteiger partial charge in [0, 0.05) is 28.9 Å². The summed E-state index contributed by atoms with van der Waals surface area (Å²) in [6.45, 7) is 3.95. The first-order chi connectivity index (χ1) is 13.8. The average molecular weight is 447 g/mol. The van der Waals surface area contributed by atoms with Gasteiger partial charge >= 0.3 is 0 Å². The number of hydrogen-bond donors (Lipinski definition) is 1. The van der Waals surface area contributed by atoms with Crippen molar-refractivity contribution in [3.63, 3.8) is 0 Å². The molecule has 0 saturated heterocycles. The molecule has 0 amide bonds. The van der Waals surface area contributed by atoms with E-state index in [9.17, 15) is 8.42 Å². The van der Waals surface area contributed by atoms with E-state index in [0.717, 1.165) is 27.3 Å². The normalized spacial score (nSPS) is 12.0. The quantitative estimate of drug-likeness (QED) is 0.480. The molecule has 0 spiro atoms. The van der Waals surface area contributed by atoms with Crippen molar-refractivity contribution in [2.45, 2.75) is 25.2 Å². The van der Waals surface area contributed by atoms with Crippen molar-refractivity contribution in [2.75, 3.05) is 6.54 Å². The monoisotopic (exact) mass is 446 g/mol. The largest absolute Gasteiger partial charge is 0.240 e. The fourth-order valence-electron chi connectivity index (χ4n) is 3.01. The van der Waals surface area contributed by atoms with Crippen molar-refractivity contribution < 1.29 is 8.42 Å². The van der Waals surface area contributed by atoms with Gasteiger partial charge in [-0.2, -0.15) is 4.98 Å². The van der Waals surface area contributed by atoms with E-state index in [1.54, 1.807) is 29.6 Å². The smallest absolute Gasteiger partial charge is 0.211 e. The lowest BCUT2D eigenvalue weighted by atomic mass is 10.2. The second kappa shape index (κ2) is 7.87. The molecule has 0 unspecified atom stereocenters. The summed E-state index contributed by atoms with van der Waals surface area (Å²) >= 11 is 7.42. The highest BCUT2D eigenvalue weighted by molar-refractivity contribution is 7.89. The molecule has 2 heterocycles. The average Bonchev–Trinajstić information content (AvgIpc) is 3.26. The van der Waals surface area contributed by atoms with Gasteiger partial charge in [0.2, 0.25) is 15.0 Å². The van der Waals surface area contributed by atoms with Crippen LogP contribution in [0.1, 0.15) is 16.8 Å². The number of aromatic nitrogens is 3. The molecule has 0 aliphatic rings. The van der Waals surface area contributed by atoms with Crippen molar-refractivity contribution in [3.8, 4) is 11.4 Å². The van der Waals surface area contributed by atoms with Gasteiger partial charge in [-0.25, -0.2) is 17.7 Å². The van der Waals surface area contributed by atoms with Crippen LogP contribution in [-0.4, -0.2) is 29.6 Å². The predicted octanol–water partition coefficient (Wildman–Crippen LogP) is 4.25. The van der Waals surface area contributed by atoms with Crippen molar-refractivity contribution in [2.24, 2.45) is 0 Å². The van der Waals surface area contributed by atoms with Crippen LogP contribution < -0.4 is 4.72 Å². The van der Waals surface area contributed by atoms with Gasteiger partial charge in [0.15, 0.2) is 5.82 Å². The first-order valence-electron chi connectivity index (χ1n) is 8.99. The maximum atomic E-state index is 12.7. The summed E-state index contributed by atoms with van der Waals surface area (Å²) in [6.07, 6.45) is 0.507. The number of halogens is 1. The molecular weight excluding hydrogens is 428 g/mol. The van der Waals surface area contributed by atoms with E-state index in [-0.39, 0.29) is 6.54 Å². The van der Waals surface area contributed by atoms with Crippen LogP contribution in [-0.2, 0) is 16.4 Å². The lowest BCUT2D eigenvalue weighted by Crippen LogP contribution is -2.27. The molecule has 0 radical (unpaired) electrons. The maximum absolute atomic E-state index is 12.7. The number of rotatable bonds is 6. The molecule has 0 bridgehead atoms. The number of nitrogens with one attached hydrogen (secondary N) is 1. The van der Waals surface area contributed by atoms with E-state index >= 15 is 0 Å². The number of hydrogen-bond acceptors (Lipinski definition) is 5. The third kappa shape index (κ3) is 4.20. The molecule has 4 aromatic rings. The second-order valence-electron chi connectivity index (χ2n) is 6.78. The second-order valence-corrected chi connectivity index (χ2v) is 9.79. The number of fused-ring (bicyclic) bond motifs is 1. The molecule has 0 aliphatic heterocycles. The molecule has 2 aromatic heterocycles. The summed E-state index contributed by atoms with van der Waals surface area (Å²) in [5.74, 6) is 0.616. The number of benzene rings is 2. The zero-order chi connectivity index (χ0) is 20.6. The summed E-state index contributed by atoms with van der Waals surface area (Å²) in [5.41, 5.74) is 3.42. The van der Waals surface area contributed by atoms with Gasteiger partial charge in [0.25, 0.3) is 0 Å². The highest BCUT2D eigenvalue weighted by Crippen LogP contribution is 2.23. The van der Waals surface area contributed by atoms with Gasteiger partial charge in [-0.05, 0) is 55.3 Å². The van der Waals surface area contributed by atoms with E-state index in [4.69, 9.17) is 11.6 Å². The van der Waals surface area contributed by atoms with E-state index in [0.29, 0.717) is 22.2 Å². The zero-order valence-electron chi connectivity index (χ0n) is 15.9. The van der Waals surface area contributed by atoms with Gasteiger partial charge < -0.3 is 0 Å². The predicted molar refractivity (Wildman–Crippen MR) is 116 cm³/mol. The molecule has 9 heteroatoms. The molecule has 4 rings (SSSR count).